The molecule has 0 atom stereocenters. The Hall–Kier alpha value is -2.88. The molecular formula is C24H18Br2N2O2. The number of aryl methyl sites for hydroxylation is 1. The summed E-state index contributed by atoms with van der Waals surface area (Å²) in [5.41, 5.74) is 3.33. The minimum Gasteiger partial charge on any atom is -0.488 e. The summed E-state index contributed by atoms with van der Waals surface area (Å²) in [6, 6.07) is 22.6. The van der Waals surface area contributed by atoms with E-state index < -0.39 is 5.91 Å². The van der Waals surface area contributed by atoms with E-state index in [0.29, 0.717) is 23.6 Å². The van der Waals surface area contributed by atoms with Crippen molar-refractivity contribution >= 4 is 49.5 Å². The summed E-state index contributed by atoms with van der Waals surface area (Å²) >= 11 is 6.95. The summed E-state index contributed by atoms with van der Waals surface area (Å²) in [6.45, 7) is 2.32. The highest BCUT2D eigenvalue weighted by molar-refractivity contribution is 9.10. The molecule has 6 heteroatoms. The summed E-state index contributed by atoms with van der Waals surface area (Å²) in [7, 11) is 0. The number of amides is 1. The van der Waals surface area contributed by atoms with Gasteiger partial charge >= 0.3 is 0 Å². The van der Waals surface area contributed by atoms with E-state index in [1.807, 2.05) is 61.5 Å². The number of nitrogens with one attached hydrogen (secondary N) is 1. The van der Waals surface area contributed by atoms with Gasteiger partial charge in [-0.3, -0.25) is 4.79 Å². The van der Waals surface area contributed by atoms with E-state index in [-0.39, 0.29) is 5.57 Å². The number of anilines is 1. The van der Waals surface area contributed by atoms with Gasteiger partial charge in [0, 0.05) is 25.8 Å². The number of rotatable bonds is 6. The van der Waals surface area contributed by atoms with Crippen molar-refractivity contribution in [1.82, 2.24) is 0 Å². The second-order valence-electron chi connectivity index (χ2n) is 6.55. The third-order valence-electron chi connectivity index (χ3n) is 4.29. The molecule has 0 aliphatic heterocycles. The van der Waals surface area contributed by atoms with Crippen molar-refractivity contribution in [3.8, 4) is 11.8 Å². The van der Waals surface area contributed by atoms with Crippen LogP contribution in [0.1, 0.15) is 16.7 Å². The number of hydrogen-bond acceptors (Lipinski definition) is 3. The van der Waals surface area contributed by atoms with E-state index in [0.717, 1.165) is 20.1 Å². The first-order chi connectivity index (χ1) is 14.5. The van der Waals surface area contributed by atoms with Crippen LogP contribution in [0.15, 0.2) is 81.2 Å². The molecule has 0 saturated heterocycles. The van der Waals surface area contributed by atoms with Gasteiger partial charge in [0.1, 0.15) is 24.0 Å². The molecule has 0 aliphatic carbocycles. The van der Waals surface area contributed by atoms with Crippen molar-refractivity contribution in [3.05, 3.63) is 97.9 Å². The number of carbonyl (C=O) groups is 1. The third kappa shape index (κ3) is 5.82. The fourth-order valence-electron chi connectivity index (χ4n) is 2.67. The van der Waals surface area contributed by atoms with E-state index in [4.69, 9.17) is 4.74 Å². The highest BCUT2D eigenvalue weighted by Crippen LogP contribution is 2.27. The van der Waals surface area contributed by atoms with Gasteiger partial charge in [-0.05, 0) is 49.4 Å². The molecule has 1 amide bonds. The first-order valence-electron chi connectivity index (χ1n) is 9.12. The van der Waals surface area contributed by atoms with E-state index in [2.05, 4.69) is 37.2 Å². The zero-order valence-corrected chi connectivity index (χ0v) is 19.3. The molecule has 0 fully saturated rings. The Morgan fingerprint density at radius 2 is 1.83 bits per heavy atom. The Labute approximate surface area is 192 Å². The highest BCUT2D eigenvalue weighted by atomic mass is 79.9. The van der Waals surface area contributed by atoms with Crippen LogP contribution in [0.3, 0.4) is 0 Å². The number of hydrogen-bond donors (Lipinski definition) is 1. The molecular weight excluding hydrogens is 508 g/mol. The molecule has 1 N–H and O–H groups in total. The number of nitriles is 1. The maximum absolute atomic E-state index is 12.6. The molecule has 0 aromatic heterocycles. The van der Waals surface area contributed by atoms with Gasteiger partial charge in [-0.2, -0.15) is 5.26 Å². The maximum atomic E-state index is 12.6. The molecule has 0 heterocycles. The quantitative estimate of drug-likeness (QED) is 0.289. The standard InChI is InChI=1S/C24H18Br2N2O2/c1-16-6-9-21(10-7-16)28-24(29)19(14-27)12-18-13-20(25)8-11-23(18)30-15-17-4-2-3-5-22(17)26/h2-13H,15H2,1H3,(H,28,29)/b19-12+. The minimum atomic E-state index is -0.474. The van der Waals surface area contributed by atoms with Crippen LogP contribution in [-0.4, -0.2) is 5.91 Å². The largest absolute Gasteiger partial charge is 0.488 e. The molecule has 30 heavy (non-hydrogen) atoms. The Bertz CT molecular complexity index is 1130. The molecule has 0 bridgehead atoms. The fourth-order valence-corrected chi connectivity index (χ4v) is 3.45. The van der Waals surface area contributed by atoms with Gasteiger partial charge in [-0.25, -0.2) is 0 Å². The van der Waals surface area contributed by atoms with E-state index in [9.17, 15) is 10.1 Å². The number of carbonyl (C=O) groups excluding carboxylic acids is 1. The van der Waals surface area contributed by atoms with Gasteiger partial charge in [0.15, 0.2) is 0 Å². The van der Waals surface area contributed by atoms with Crippen molar-refractivity contribution in [2.75, 3.05) is 5.32 Å². The second-order valence-corrected chi connectivity index (χ2v) is 8.32. The van der Waals surface area contributed by atoms with Crippen LogP contribution >= 0.6 is 31.9 Å². The molecule has 0 radical (unpaired) electrons. The lowest BCUT2D eigenvalue weighted by atomic mass is 10.1. The van der Waals surface area contributed by atoms with Gasteiger partial charge in [-0.15, -0.1) is 0 Å². The predicted molar refractivity (Wildman–Crippen MR) is 126 cm³/mol. The van der Waals surface area contributed by atoms with Crippen LogP contribution in [0.4, 0.5) is 5.69 Å². The Morgan fingerprint density at radius 1 is 1.10 bits per heavy atom. The first kappa shape index (κ1) is 21.8. The number of nitrogens with zero attached hydrogens (tertiary/aromatic N) is 1. The number of benzene rings is 3. The van der Waals surface area contributed by atoms with Crippen LogP contribution in [0.5, 0.6) is 5.75 Å². The lowest BCUT2D eigenvalue weighted by Gasteiger charge is -2.11. The third-order valence-corrected chi connectivity index (χ3v) is 5.55. The molecule has 150 valence electrons. The molecule has 4 nitrogen and oxygen atoms in total. The first-order valence-corrected chi connectivity index (χ1v) is 10.7. The Morgan fingerprint density at radius 3 is 2.53 bits per heavy atom. The topological polar surface area (TPSA) is 62.1 Å². The molecule has 3 aromatic carbocycles. The Balaban J connectivity index is 1.83. The van der Waals surface area contributed by atoms with Gasteiger partial charge in [0.05, 0.1) is 0 Å². The van der Waals surface area contributed by atoms with Crippen LogP contribution in [0, 0.1) is 18.3 Å². The lowest BCUT2D eigenvalue weighted by molar-refractivity contribution is -0.112. The van der Waals surface area contributed by atoms with Crippen molar-refractivity contribution in [3.63, 3.8) is 0 Å². The SMILES string of the molecule is Cc1ccc(NC(=O)/C(C#N)=C/c2cc(Br)ccc2OCc2ccccc2Br)cc1. The zero-order valence-electron chi connectivity index (χ0n) is 16.2. The van der Waals surface area contributed by atoms with Crippen LogP contribution in [-0.2, 0) is 11.4 Å². The van der Waals surface area contributed by atoms with Crippen LogP contribution in [0.2, 0.25) is 0 Å². The molecule has 0 spiro atoms. The van der Waals surface area contributed by atoms with Gasteiger partial charge < -0.3 is 10.1 Å². The van der Waals surface area contributed by atoms with Gasteiger partial charge in [-0.1, -0.05) is 67.8 Å². The van der Waals surface area contributed by atoms with Crippen molar-refractivity contribution in [2.24, 2.45) is 0 Å². The summed E-state index contributed by atoms with van der Waals surface area (Å²) in [4.78, 5) is 12.6. The Kier molecular flexibility index (Phi) is 7.45. The van der Waals surface area contributed by atoms with Gasteiger partial charge in [0.2, 0.25) is 0 Å². The average molecular weight is 526 g/mol. The summed E-state index contributed by atoms with van der Waals surface area (Å²) in [6.07, 6.45) is 1.53. The number of ether oxygens (including phenoxy) is 1. The monoisotopic (exact) mass is 524 g/mol. The summed E-state index contributed by atoms with van der Waals surface area (Å²) < 4.78 is 7.75. The molecule has 3 rings (SSSR count). The fraction of sp³-hybridized carbons (Fsp3) is 0.0833. The van der Waals surface area contributed by atoms with E-state index in [1.165, 1.54) is 6.08 Å². The molecule has 3 aromatic rings. The smallest absolute Gasteiger partial charge is 0.266 e. The molecule has 0 unspecified atom stereocenters. The minimum absolute atomic E-state index is 0.0144. The van der Waals surface area contributed by atoms with E-state index >= 15 is 0 Å². The summed E-state index contributed by atoms with van der Waals surface area (Å²) in [5, 5.41) is 12.3. The average Bonchev–Trinajstić information content (AvgIpc) is 2.74. The van der Waals surface area contributed by atoms with Crippen LogP contribution in [0.25, 0.3) is 6.08 Å². The molecule has 0 aliphatic rings. The van der Waals surface area contributed by atoms with Crippen molar-refractivity contribution in [2.45, 2.75) is 13.5 Å². The van der Waals surface area contributed by atoms with Crippen LogP contribution < -0.4 is 10.1 Å². The zero-order chi connectivity index (χ0) is 21.5. The van der Waals surface area contributed by atoms with E-state index in [1.54, 1.807) is 18.2 Å². The highest BCUT2D eigenvalue weighted by Gasteiger charge is 2.12. The lowest BCUT2D eigenvalue weighted by Crippen LogP contribution is -2.13. The maximum Gasteiger partial charge on any atom is 0.266 e. The second kappa shape index (κ2) is 10.2. The number of halogens is 2. The van der Waals surface area contributed by atoms with Crippen molar-refractivity contribution < 1.29 is 9.53 Å². The predicted octanol–water partition coefficient (Wildman–Crippen LogP) is 6.64. The normalized spacial score (nSPS) is 10.9. The molecule has 0 saturated carbocycles. The van der Waals surface area contributed by atoms with Gasteiger partial charge in [0.25, 0.3) is 5.91 Å². The summed E-state index contributed by atoms with van der Waals surface area (Å²) in [5.74, 6) is 0.0999. The van der Waals surface area contributed by atoms with Crippen molar-refractivity contribution in [1.29, 1.82) is 5.26 Å².